The average Bonchev–Trinajstić information content (AvgIpc) is 2.27. The van der Waals surface area contributed by atoms with Crippen molar-refractivity contribution in [1.29, 1.82) is 0 Å². The Morgan fingerprint density at radius 3 is 2.28 bits per heavy atom. The summed E-state index contributed by atoms with van der Waals surface area (Å²) in [6.45, 7) is 3.75. The van der Waals surface area contributed by atoms with Crippen LogP contribution in [-0.4, -0.2) is 25.3 Å². The van der Waals surface area contributed by atoms with Gasteiger partial charge in [0.05, 0.1) is 25.1 Å². The molecule has 18 heavy (non-hydrogen) atoms. The SMILES string of the molecule is COc1cc(OC)c(C(C)(C)CC(=O)O)cc1Br. The minimum atomic E-state index is -0.839. The lowest BCUT2D eigenvalue weighted by atomic mass is 9.81. The number of carboxylic acid groups (broad SMARTS) is 1. The Balaban J connectivity index is 3.30. The van der Waals surface area contributed by atoms with Crippen molar-refractivity contribution >= 4 is 21.9 Å². The Hall–Kier alpha value is -1.23. The van der Waals surface area contributed by atoms with Gasteiger partial charge in [0.2, 0.25) is 0 Å². The number of benzene rings is 1. The van der Waals surface area contributed by atoms with Crippen molar-refractivity contribution in [2.24, 2.45) is 0 Å². The maximum absolute atomic E-state index is 10.9. The van der Waals surface area contributed by atoms with Gasteiger partial charge in [0.25, 0.3) is 0 Å². The van der Waals surface area contributed by atoms with Crippen LogP contribution in [0.5, 0.6) is 11.5 Å². The smallest absolute Gasteiger partial charge is 0.304 e. The molecule has 0 spiro atoms. The molecule has 1 rings (SSSR count). The molecule has 5 heteroatoms. The lowest BCUT2D eigenvalue weighted by Crippen LogP contribution is -2.22. The minimum absolute atomic E-state index is 0.0299. The summed E-state index contributed by atoms with van der Waals surface area (Å²) >= 11 is 3.40. The molecule has 0 fully saturated rings. The van der Waals surface area contributed by atoms with Crippen LogP contribution in [0.3, 0.4) is 0 Å². The van der Waals surface area contributed by atoms with Crippen molar-refractivity contribution in [3.8, 4) is 11.5 Å². The van der Waals surface area contributed by atoms with E-state index in [2.05, 4.69) is 15.9 Å². The summed E-state index contributed by atoms with van der Waals surface area (Å²) in [5.41, 5.74) is 0.312. The first-order valence-electron chi connectivity index (χ1n) is 5.45. The highest BCUT2D eigenvalue weighted by Crippen LogP contribution is 2.40. The molecule has 0 aliphatic heterocycles. The maximum Gasteiger partial charge on any atom is 0.304 e. The van der Waals surface area contributed by atoms with E-state index in [9.17, 15) is 4.79 Å². The molecule has 0 aliphatic rings. The fourth-order valence-corrected chi connectivity index (χ4v) is 2.37. The van der Waals surface area contributed by atoms with Gasteiger partial charge in [-0.15, -0.1) is 0 Å². The van der Waals surface area contributed by atoms with Crippen LogP contribution in [0.15, 0.2) is 16.6 Å². The van der Waals surface area contributed by atoms with E-state index in [-0.39, 0.29) is 6.42 Å². The molecular formula is C13H17BrO4. The molecule has 0 saturated carbocycles. The monoisotopic (exact) mass is 316 g/mol. The molecular weight excluding hydrogens is 300 g/mol. The summed E-state index contributed by atoms with van der Waals surface area (Å²) in [6, 6.07) is 3.60. The first kappa shape index (κ1) is 14.8. The van der Waals surface area contributed by atoms with Crippen LogP contribution < -0.4 is 9.47 Å². The summed E-state index contributed by atoms with van der Waals surface area (Å²) in [7, 11) is 3.13. The third-order valence-corrected chi connectivity index (χ3v) is 3.42. The molecule has 0 amide bonds. The van der Waals surface area contributed by atoms with Gasteiger partial charge in [0.15, 0.2) is 0 Å². The van der Waals surface area contributed by atoms with Gasteiger partial charge in [-0.25, -0.2) is 0 Å². The number of methoxy groups -OCH3 is 2. The van der Waals surface area contributed by atoms with Crippen molar-refractivity contribution in [3.63, 3.8) is 0 Å². The Kier molecular flexibility index (Phi) is 4.62. The predicted molar refractivity (Wildman–Crippen MR) is 72.5 cm³/mol. The average molecular weight is 317 g/mol. The second-order valence-electron chi connectivity index (χ2n) is 4.64. The highest BCUT2D eigenvalue weighted by Gasteiger charge is 2.28. The van der Waals surface area contributed by atoms with Crippen molar-refractivity contribution < 1.29 is 19.4 Å². The summed E-state index contributed by atoms with van der Waals surface area (Å²) < 4.78 is 11.3. The number of ether oxygens (including phenoxy) is 2. The molecule has 4 nitrogen and oxygen atoms in total. The maximum atomic E-state index is 10.9. The van der Waals surface area contributed by atoms with E-state index >= 15 is 0 Å². The third kappa shape index (κ3) is 3.16. The molecule has 0 aromatic heterocycles. The molecule has 0 aliphatic carbocycles. The van der Waals surface area contributed by atoms with Crippen LogP contribution in [0.2, 0.25) is 0 Å². The molecule has 0 heterocycles. The second kappa shape index (κ2) is 5.61. The summed E-state index contributed by atoms with van der Waals surface area (Å²) in [6.07, 6.45) is 0.0299. The van der Waals surface area contributed by atoms with Crippen molar-refractivity contribution in [2.45, 2.75) is 25.7 Å². The molecule has 0 saturated heterocycles. The highest BCUT2D eigenvalue weighted by molar-refractivity contribution is 9.10. The largest absolute Gasteiger partial charge is 0.496 e. The Bertz CT molecular complexity index is 455. The van der Waals surface area contributed by atoms with Crippen LogP contribution in [0.25, 0.3) is 0 Å². The molecule has 1 aromatic carbocycles. The van der Waals surface area contributed by atoms with Gasteiger partial charge in [-0.05, 0) is 22.0 Å². The number of aliphatic carboxylic acids is 1. The van der Waals surface area contributed by atoms with Crippen LogP contribution in [0.1, 0.15) is 25.8 Å². The van der Waals surface area contributed by atoms with Gasteiger partial charge in [0, 0.05) is 17.0 Å². The van der Waals surface area contributed by atoms with E-state index in [1.54, 1.807) is 20.3 Å². The van der Waals surface area contributed by atoms with Crippen molar-refractivity contribution in [2.75, 3.05) is 14.2 Å². The topological polar surface area (TPSA) is 55.8 Å². The first-order chi connectivity index (χ1) is 8.31. The summed E-state index contributed by atoms with van der Waals surface area (Å²) in [5.74, 6) is 0.442. The van der Waals surface area contributed by atoms with Gasteiger partial charge in [-0.3, -0.25) is 4.79 Å². The molecule has 0 unspecified atom stereocenters. The lowest BCUT2D eigenvalue weighted by Gasteiger charge is -2.26. The zero-order chi connectivity index (χ0) is 13.9. The summed E-state index contributed by atoms with van der Waals surface area (Å²) in [4.78, 5) is 10.9. The van der Waals surface area contributed by atoms with Gasteiger partial charge >= 0.3 is 5.97 Å². The van der Waals surface area contributed by atoms with Gasteiger partial charge in [-0.2, -0.15) is 0 Å². The molecule has 1 aromatic rings. The van der Waals surface area contributed by atoms with E-state index in [0.717, 1.165) is 10.0 Å². The third-order valence-electron chi connectivity index (χ3n) is 2.80. The minimum Gasteiger partial charge on any atom is -0.496 e. The van der Waals surface area contributed by atoms with Crippen LogP contribution in [0.4, 0.5) is 0 Å². The fourth-order valence-electron chi connectivity index (χ4n) is 1.86. The van der Waals surface area contributed by atoms with E-state index in [1.807, 2.05) is 19.9 Å². The highest BCUT2D eigenvalue weighted by atomic mass is 79.9. The predicted octanol–water partition coefficient (Wildman–Crippen LogP) is 3.22. The molecule has 1 N–H and O–H groups in total. The number of hydrogen-bond donors (Lipinski definition) is 1. The van der Waals surface area contributed by atoms with E-state index in [4.69, 9.17) is 14.6 Å². The standard InChI is InChI=1S/C13H17BrO4/c1-13(2,7-12(15)16)8-5-9(14)11(18-4)6-10(8)17-3/h5-6H,7H2,1-4H3,(H,15,16). The number of carbonyl (C=O) groups is 1. The zero-order valence-corrected chi connectivity index (χ0v) is 12.5. The molecule has 0 bridgehead atoms. The zero-order valence-electron chi connectivity index (χ0n) is 10.9. The summed E-state index contributed by atoms with van der Waals surface area (Å²) in [5, 5.41) is 8.97. The van der Waals surface area contributed by atoms with Crippen LogP contribution >= 0.6 is 15.9 Å². The fraction of sp³-hybridized carbons (Fsp3) is 0.462. The lowest BCUT2D eigenvalue weighted by molar-refractivity contribution is -0.138. The van der Waals surface area contributed by atoms with Crippen LogP contribution in [-0.2, 0) is 10.2 Å². The second-order valence-corrected chi connectivity index (χ2v) is 5.50. The molecule has 0 radical (unpaired) electrons. The quantitative estimate of drug-likeness (QED) is 0.906. The van der Waals surface area contributed by atoms with E-state index < -0.39 is 11.4 Å². The molecule has 100 valence electrons. The van der Waals surface area contributed by atoms with Crippen molar-refractivity contribution in [3.05, 3.63) is 22.2 Å². The Morgan fingerprint density at radius 2 is 1.83 bits per heavy atom. The number of rotatable bonds is 5. The number of halogens is 1. The van der Waals surface area contributed by atoms with E-state index in [1.165, 1.54) is 0 Å². The Morgan fingerprint density at radius 1 is 1.28 bits per heavy atom. The van der Waals surface area contributed by atoms with Crippen molar-refractivity contribution in [1.82, 2.24) is 0 Å². The Labute approximate surface area is 115 Å². The first-order valence-corrected chi connectivity index (χ1v) is 6.25. The molecule has 0 atom stereocenters. The normalized spacial score (nSPS) is 11.2. The van der Waals surface area contributed by atoms with Crippen LogP contribution in [0, 0.1) is 0 Å². The van der Waals surface area contributed by atoms with Gasteiger partial charge < -0.3 is 14.6 Å². The van der Waals surface area contributed by atoms with Gasteiger partial charge in [0.1, 0.15) is 11.5 Å². The van der Waals surface area contributed by atoms with E-state index in [0.29, 0.717) is 11.5 Å². The number of hydrogen-bond acceptors (Lipinski definition) is 3. The number of carboxylic acids is 1. The van der Waals surface area contributed by atoms with Gasteiger partial charge in [-0.1, -0.05) is 13.8 Å².